The number of hydrogen-bond acceptors (Lipinski definition) is 5. The third-order valence-electron chi connectivity index (χ3n) is 3.84. The van der Waals surface area contributed by atoms with Crippen molar-refractivity contribution in [1.29, 1.82) is 0 Å². The molecular weight excluding hydrogens is 390 g/mol. The van der Waals surface area contributed by atoms with E-state index in [-0.39, 0.29) is 35.9 Å². The zero-order valence-corrected chi connectivity index (χ0v) is 16.7. The summed E-state index contributed by atoms with van der Waals surface area (Å²) in [5, 5.41) is 6.04. The number of carbonyl (C=O) groups is 3. The lowest BCUT2D eigenvalue weighted by Crippen LogP contribution is -2.60. The molecular formula is C18H22ClN3O4S. The number of hydrogen-bond donors (Lipinski definition) is 2. The van der Waals surface area contributed by atoms with Crippen molar-refractivity contribution in [3.63, 3.8) is 0 Å². The van der Waals surface area contributed by atoms with Crippen LogP contribution in [-0.4, -0.2) is 53.0 Å². The first-order valence-corrected chi connectivity index (χ1v) is 9.37. The van der Waals surface area contributed by atoms with Gasteiger partial charge in [-0.25, -0.2) is 0 Å². The van der Waals surface area contributed by atoms with Crippen LogP contribution in [-0.2, 0) is 25.5 Å². The summed E-state index contributed by atoms with van der Waals surface area (Å²) >= 11 is 11.1. The molecule has 1 heterocycles. The van der Waals surface area contributed by atoms with Crippen molar-refractivity contribution in [2.45, 2.75) is 38.8 Å². The highest BCUT2D eigenvalue weighted by Gasteiger charge is 2.34. The van der Waals surface area contributed by atoms with Gasteiger partial charge in [-0.3, -0.25) is 14.4 Å². The quantitative estimate of drug-likeness (QED) is 0.563. The number of thiocarbonyl (C=S) groups is 1. The minimum atomic E-state index is -0.812. The number of benzene rings is 1. The predicted molar refractivity (Wildman–Crippen MR) is 105 cm³/mol. The Morgan fingerprint density at radius 1 is 1.37 bits per heavy atom. The summed E-state index contributed by atoms with van der Waals surface area (Å²) in [6.45, 7) is 4.24. The molecule has 2 rings (SSSR count). The minimum absolute atomic E-state index is 0.117. The van der Waals surface area contributed by atoms with E-state index in [1.54, 1.807) is 43.0 Å². The SMILES string of the molecule is CC(C)OC(=O)CC1C(=O)NCCN1C(=S)NC(=O)Cc1ccc(Cl)cc1. The number of halogens is 1. The Kier molecular flexibility index (Phi) is 7.55. The maximum atomic E-state index is 12.3. The molecule has 0 spiro atoms. The van der Waals surface area contributed by atoms with Crippen LogP contribution in [0.25, 0.3) is 0 Å². The molecule has 1 aliphatic heterocycles. The van der Waals surface area contributed by atoms with E-state index in [2.05, 4.69) is 10.6 Å². The highest BCUT2D eigenvalue weighted by molar-refractivity contribution is 7.80. The molecule has 1 aromatic rings. The smallest absolute Gasteiger partial charge is 0.308 e. The van der Waals surface area contributed by atoms with Crippen LogP contribution in [0.4, 0.5) is 0 Å². The second kappa shape index (κ2) is 9.66. The lowest BCUT2D eigenvalue weighted by molar-refractivity contribution is -0.150. The third kappa shape index (κ3) is 6.48. The van der Waals surface area contributed by atoms with E-state index in [4.69, 9.17) is 28.6 Å². The molecule has 1 fully saturated rings. The predicted octanol–water partition coefficient (Wildman–Crippen LogP) is 1.43. The zero-order chi connectivity index (χ0) is 20.0. The van der Waals surface area contributed by atoms with E-state index in [1.807, 2.05) is 0 Å². The van der Waals surface area contributed by atoms with Gasteiger partial charge in [-0.2, -0.15) is 0 Å². The van der Waals surface area contributed by atoms with Gasteiger partial charge in [-0.05, 0) is 43.8 Å². The van der Waals surface area contributed by atoms with E-state index < -0.39 is 12.0 Å². The van der Waals surface area contributed by atoms with E-state index in [1.165, 1.54) is 0 Å². The van der Waals surface area contributed by atoms with Gasteiger partial charge in [0.05, 0.1) is 18.9 Å². The second-order valence-corrected chi connectivity index (χ2v) is 7.22. The number of rotatable bonds is 5. The van der Waals surface area contributed by atoms with Gasteiger partial charge in [-0.15, -0.1) is 0 Å². The van der Waals surface area contributed by atoms with Gasteiger partial charge in [-0.1, -0.05) is 23.7 Å². The van der Waals surface area contributed by atoms with Crippen molar-refractivity contribution >= 4 is 46.7 Å². The van der Waals surface area contributed by atoms with Crippen molar-refractivity contribution in [3.8, 4) is 0 Å². The first kappa shape index (κ1) is 21.1. The zero-order valence-electron chi connectivity index (χ0n) is 15.2. The molecule has 2 amide bonds. The van der Waals surface area contributed by atoms with Gasteiger partial charge in [0.25, 0.3) is 0 Å². The van der Waals surface area contributed by atoms with Gasteiger partial charge in [0.1, 0.15) is 6.04 Å². The van der Waals surface area contributed by atoms with Crippen molar-refractivity contribution in [3.05, 3.63) is 34.9 Å². The fraction of sp³-hybridized carbons (Fsp3) is 0.444. The Morgan fingerprint density at radius 3 is 2.67 bits per heavy atom. The van der Waals surface area contributed by atoms with Crippen LogP contribution in [0.3, 0.4) is 0 Å². The lowest BCUT2D eigenvalue weighted by Gasteiger charge is -2.36. The van der Waals surface area contributed by atoms with E-state index in [0.29, 0.717) is 18.1 Å². The largest absolute Gasteiger partial charge is 0.463 e. The molecule has 0 bridgehead atoms. The lowest BCUT2D eigenvalue weighted by atomic mass is 10.1. The number of amides is 2. The summed E-state index contributed by atoms with van der Waals surface area (Å²) in [5.41, 5.74) is 0.785. The molecule has 7 nitrogen and oxygen atoms in total. The summed E-state index contributed by atoms with van der Waals surface area (Å²) in [4.78, 5) is 38.0. The van der Waals surface area contributed by atoms with Crippen LogP contribution in [0.2, 0.25) is 5.02 Å². The molecule has 1 saturated heterocycles. The average Bonchev–Trinajstić information content (AvgIpc) is 2.58. The highest BCUT2D eigenvalue weighted by atomic mass is 35.5. The number of piperazine rings is 1. The van der Waals surface area contributed by atoms with Crippen molar-refractivity contribution in [1.82, 2.24) is 15.5 Å². The molecule has 0 aliphatic carbocycles. The summed E-state index contributed by atoms with van der Waals surface area (Å²) in [6.07, 6.45) is -0.294. The van der Waals surface area contributed by atoms with Crippen LogP contribution in [0.5, 0.6) is 0 Å². The standard InChI is InChI=1S/C18H22ClN3O4S/c1-11(2)26-16(24)10-14-17(25)20-7-8-22(14)18(27)21-15(23)9-12-3-5-13(19)6-4-12/h3-6,11,14H,7-10H2,1-2H3,(H,20,25)(H,21,23,27). The number of nitrogens with one attached hydrogen (secondary N) is 2. The first-order chi connectivity index (χ1) is 12.8. The summed E-state index contributed by atoms with van der Waals surface area (Å²) in [5.74, 6) is -1.12. The Labute approximate surface area is 168 Å². The Bertz CT molecular complexity index is 724. The van der Waals surface area contributed by atoms with Crippen molar-refractivity contribution in [2.24, 2.45) is 0 Å². The molecule has 0 aromatic heterocycles. The number of nitrogens with zero attached hydrogens (tertiary/aromatic N) is 1. The minimum Gasteiger partial charge on any atom is -0.463 e. The van der Waals surface area contributed by atoms with Gasteiger partial charge in [0, 0.05) is 18.1 Å². The Balaban J connectivity index is 1.98. The molecule has 0 radical (unpaired) electrons. The molecule has 146 valence electrons. The van der Waals surface area contributed by atoms with Crippen molar-refractivity contribution < 1.29 is 19.1 Å². The maximum absolute atomic E-state index is 12.3. The number of carbonyl (C=O) groups excluding carboxylic acids is 3. The van der Waals surface area contributed by atoms with Gasteiger partial charge in [0.2, 0.25) is 11.8 Å². The van der Waals surface area contributed by atoms with Gasteiger partial charge in [0.15, 0.2) is 5.11 Å². The van der Waals surface area contributed by atoms with Gasteiger partial charge < -0.3 is 20.3 Å². The van der Waals surface area contributed by atoms with Crippen LogP contribution in [0.1, 0.15) is 25.8 Å². The van der Waals surface area contributed by atoms with Crippen LogP contribution in [0, 0.1) is 0 Å². The average molecular weight is 412 g/mol. The van der Waals surface area contributed by atoms with E-state index in [0.717, 1.165) is 5.56 Å². The van der Waals surface area contributed by atoms with E-state index in [9.17, 15) is 14.4 Å². The Hall–Kier alpha value is -2.19. The number of ether oxygens (including phenoxy) is 1. The molecule has 27 heavy (non-hydrogen) atoms. The summed E-state index contributed by atoms with van der Waals surface area (Å²) in [6, 6.07) is 6.10. The third-order valence-corrected chi connectivity index (χ3v) is 4.43. The molecule has 0 saturated carbocycles. The summed E-state index contributed by atoms with van der Waals surface area (Å²) < 4.78 is 5.11. The molecule has 1 atom stereocenters. The normalized spacial score (nSPS) is 16.7. The first-order valence-electron chi connectivity index (χ1n) is 8.58. The van der Waals surface area contributed by atoms with Crippen molar-refractivity contribution in [2.75, 3.05) is 13.1 Å². The van der Waals surface area contributed by atoms with Crippen LogP contribution >= 0.6 is 23.8 Å². The monoisotopic (exact) mass is 411 g/mol. The molecule has 2 N–H and O–H groups in total. The highest BCUT2D eigenvalue weighted by Crippen LogP contribution is 2.12. The molecule has 1 unspecified atom stereocenters. The molecule has 1 aliphatic rings. The fourth-order valence-corrected chi connectivity index (χ4v) is 3.11. The second-order valence-electron chi connectivity index (χ2n) is 6.40. The van der Waals surface area contributed by atoms with E-state index >= 15 is 0 Å². The number of esters is 1. The maximum Gasteiger partial charge on any atom is 0.308 e. The molecule has 1 aromatic carbocycles. The molecule has 9 heteroatoms. The van der Waals surface area contributed by atoms with Gasteiger partial charge >= 0.3 is 5.97 Å². The van der Waals surface area contributed by atoms with Crippen LogP contribution in [0.15, 0.2) is 24.3 Å². The Morgan fingerprint density at radius 2 is 2.04 bits per heavy atom. The summed E-state index contributed by atoms with van der Waals surface area (Å²) in [7, 11) is 0. The fourth-order valence-electron chi connectivity index (χ4n) is 2.65. The van der Waals surface area contributed by atoms with Crippen LogP contribution < -0.4 is 10.6 Å². The topological polar surface area (TPSA) is 87.7 Å².